The minimum atomic E-state index is -0.484. The summed E-state index contributed by atoms with van der Waals surface area (Å²) in [5, 5.41) is 6.67. The van der Waals surface area contributed by atoms with E-state index in [0.29, 0.717) is 25.0 Å². The summed E-state index contributed by atoms with van der Waals surface area (Å²) in [5.74, 6) is 1.28. The van der Waals surface area contributed by atoms with Crippen LogP contribution in [0.15, 0.2) is 4.99 Å². The molecule has 1 aliphatic rings. The maximum Gasteiger partial charge on any atom is 0.410 e. The zero-order valence-corrected chi connectivity index (χ0v) is 18.2. The Balaban J connectivity index is 2.39. The van der Waals surface area contributed by atoms with Gasteiger partial charge in [-0.2, -0.15) is 0 Å². The predicted molar refractivity (Wildman–Crippen MR) is 109 cm³/mol. The molecule has 8 nitrogen and oxygen atoms in total. The summed E-state index contributed by atoms with van der Waals surface area (Å²) < 4.78 is 10.8. The molecular formula is C19H39N5O3. The number of amides is 1. The lowest BCUT2D eigenvalue weighted by Crippen LogP contribution is -2.53. The molecule has 0 bridgehead atoms. The normalized spacial score (nSPS) is 17.6. The van der Waals surface area contributed by atoms with Crippen molar-refractivity contribution < 1.29 is 14.3 Å². The van der Waals surface area contributed by atoms with Crippen LogP contribution in [0.2, 0.25) is 0 Å². The molecule has 0 aliphatic carbocycles. The average Bonchev–Trinajstić information content (AvgIpc) is 2.59. The zero-order valence-electron chi connectivity index (χ0n) is 18.2. The standard InChI is InChI=1S/C19H39N5O3/c1-15(2)16(24-10-12-26-13-11-24)14-22-17(20-6)21-8-9-23(7)18(25)27-19(3,4)5/h15-16H,8-14H2,1-7H3,(H2,20,21,22). The first kappa shape index (κ1) is 23.5. The van der Waals surface area contributed by atoms with Crippen LogP contribution in [0.3, 0.4) is 0 Å². The SMILES string of the molecule is CN=C(NCCN(C)C(=O)OC(C)(C)C)NCC(C(C)C)N1CCOCC1. The molecule has 1 heterocycles. The van der Waals surface area contributed by atoms with Crippen molar-refractivity contribution >= 4 is 12.1 Å². The number of ether oxygens (including phenoxy) is 2. The maximum atomic E-state index is 12.0. The number of carbonyl (C=O) groups excluding carboxylic acids is 1. The first-order valence-electron chi connectivity index (χ1n) is 9.84. The molecule has 1 saturated heterocycles. The van der Waals surface area contributed by atoms with Gasteiger partial charge in [0.25, 0.3) is 0 Å². The van der Waals surface area contributed by atoms with Gasteiger partial charge < -0.3 is 25.0 Å². The van der Waals surface area contributed by atoms with Gasteiger partial charge in [0, 0.05) is 52.9 Å². The van der Waals surface area contributed by atoms with Gasteiger partial charge in [-0.1, -0.05) is 13.8 Å². The van der Waals surface area contributed by atoms with Crippen molar-refractivity contribution in [3.05, 3.63) is 0 Å². The molecule has 0 aromatic rings. The fourth-order valence-corrected chi connectivity index (χ4v) is 2.89. The van der Waals surface area contributed by atoms with Crippen molar-refractivity contribution in [3.8, 4) is 0 Å². The second-order valence-corrected chi connectivity index (χ2v) is 8.24. The number of rotatable bonds is 7. The highest BCUT2D eigenvalue weighted by molar-refractivity contribution is 5.79. The molecule has 158 valence electrons. The first-order valence-corrected chi connectivity index (χ1v) is 9.84. The molecule has 8 heteroatoms. The van der Waals surface area contributed by atoms with E-state index >= 15 is 0 Å². The largest absolute Gasteiger partial charge is 0.444 e. The van der Waals surface area contributed by atoms with Crippen molar-refractivity contribution in [1.29, 1.82) is 0 Å². The Kier molecular flexibility index (Phi) is 9.87. The highest BCUT2D eigenvalue weighted by Gasteiger charge is 2.24. The summed E-state index contributed by atoms with van der Waals surface area (Å²) in [4.78, 5) is 20.3. The minimum absolute atomic E-state index is 0.320. The molecule has 1 fully saturated rings. The number of nitrogens with zero attached hydrogens (tertiary/aromatic N) is 3. The number of hydrogen-bond donors (Lipinski definition) is 2. The van der Waals surface area contributed by atoms with Gasteiger partial charge in [0.2, 0.25) is 0 Å². The van der Waals surface area contributed by atoms with Gasteiger partial charge in [-0.15, -0.1) is 0 Å². The summed E-state index contributed by atoms with van der Waals surface area (Å²) in [6.07, 6.45) is -0.320. The summed E-state index contributed by atoms with van der Waals surface area (Å²) in [6.45, 7) is 15.6. The van der Waals surface area contributed by atoms with Crippen LogP contribution >= 0.6 is 0 Å². The number of carbonyl (C=O) groups is 1. The highest BCUT2D eigenvalue weighted by atomic mass is 16.6. The molecule has 0 saturated carbocycles. The number of nitrogens with one attached hydrogen (secondary N) is 2. The molecule has 0 aromatic carbocycles. The molecule has 0 spiro atoms. The number of likely N-dealkylation sites (N-methyl/N-ethyl adjacent to an activating group) is 1. The molecule has 1 aliphatic heterocycles. The van der Waals surface area contributed by atoms with E-state index in [1.54, 1.807) is 19.0 Å². The van der Waals surface area contributed by atoms with Crippen molar-refractivity contribution in [2.75, 3.05) is 60.0 Å². The Morgan fingerprint density at radius 3 is 2.41 bits per heavy atom. The molecule has 0 aromatic heterocycles. The van der Waals surface area contributed by atoms with Crippen LogP contribution < -0.4 is 10.6 Å². The number of guanidine groups is 1. The third kappa shape index (κ3) is 9.28. The van der Waals surface area contributed by atoms with Crippen LogP contribution in [0.5, 0.6) is 0 Å². The molecule has 1 amide bonds. The van der Waals surface area contributed by atoms with Gasteiger partial charge in [-0.25, -0.2) is 4.79 Å². The van der Waals surface area contributed by atoms with Gasteiger partial charge in [0.1, 0.15) is 5.60 Å². The molecule has 1 unspecified atom stereocenters. The molecule has 0 radical (unpaired) electrons. The predicted octanol–water partition coefficient (Wildman–Crippen LogP) is 1.38. The monoisotopic (exact) mass is 385 g/mol. The summed E-state index contributed by atoms with van der Waals surface area (Å²) in [7, 11) is 3.49. The lowest BCUT2D eigenvalue weighted by atomic mass is 10.0. The zero-order chi connectivity index (χ0) is 20.4. The summed E-state index contributed by atoms with van der Waals surface area (Å²) >= 11 is 0. The molecule has 27 heavy (non-hydrogen) atoms. The van der Waals surface area contributed by atoms with Crippen molar-refractivity contribution in [2.45, 2.75) is 46.3 Å². The van der Waals surface area contributed by atoms with Crippen LogP contribution in [0.1, 0.15) is 34.6 Å². The smallest absolute Gasteiger partial charge is 0.410 e. The minimum Gasteiger partial charge on any atom is -0.444 e. The topological polar surface area (TPSA) is 78.4 Å². The van der Waals surface area contributed by atoms with Crippen molar-refractivity contribution in [3.63, 3.8) is 0 Å². The van der Waals surface area contributed by atoms with Gasteiger partial charge >= 0.3 is 6.09 Å². The van der Waals surface area contributed by atoms with E-state index in [2.05, 4.69) is 34.4 Å². The number of morpholine rings is 1. The van der Waals surface area contributed by atoms with E-state index < -0.39 is 5.60 Å². The van der Waals surface area contributed by atoms with Crippen LogP contribution in [0.4, 0.5) is 4.79 Å². The van der Waals surface area contributed by atoms with Crippen LogP contribution in [-0.2, 0) is 9.47 Å². The van der Waals surface area contributed by atoms with Crippen LogP contribution in [0.25, 0.3) is 0 Å². The van der Waals surface area contributed by atoms with E-state index in [4.69, 9.17) is 9.47 Å². The van der Waals surface area contributed by atoms with E-state index in [-0.39, 0.29) is 6.09 Å². The van der Waals surface area contributed by atoms with E-state index in [1.807, 2.05) is 20.8 Å². The maximum absolute atomic E-state index is 12.0. The second kappa shape index (κ2) is 11.3. The van der Waals surface area contributed by atoms with Crippen LogP contribution in [-0.4, -0.2) is 93.5 Å². The molecule has 1 rings (SSSR count). The quantitative estimate of drug-likeness (QED) is 0.509. The summed E-state index contributed by atoms with van der Waals surface area (Å²) in [5.41, 5.74) is -0.484. The highest BCUT2D eigenvalue weighted by Crippen LogP contribution is 2.12. The van der Waals surface area contributed by atoms with E-state index in [1.165, 1.54) is 0 Å². The van der Waals surface area contributed by atoms with Gasteiger partial charge in [0.05, 0.1) is 13.2 Å². The molecule has 2 N–H and O–H groups in total. The van der Waals surface area contributed by atoms with E-state index in [0.717, 1.165) is 38.8 Å². The first-order chi connectivity index (χ1) is 12.6. The number of hydrogen-bond acceptors (Lipinski definition) is 5. The third-order valence-corrected chi connectivity index (χ3v) is 4.43. The van der Waals surface area contributed by atoms with E-state index in [9.17, 15) is 4.79 Å². The lowest BCUT2D eigenvalue weighted by Gasteiger charge is -2.37. The van der Waals surface area contributed by atoms with Gasteiger partial charge in [-0.05, 0) is 26.7 Å². The van der Waals surface area contributed by atoms with Crippen molar-refractivity contribution in [2.24, 2.45) is 10.9 Å². The van der Waals surface area contributed by atoms with Crippen molar-refractivity contribution in [1.82, 2.24) is 20.4 Å². The van der Waals surface area contributed by atoms with Crippen LogP contribution in [0, 0.1) is 5.92 Å². The molecular weight excluding hydrogens is 346 g/mol. The summed E-state index contributed by atoms with van der Waals surface area (Å²) in [6, 6.07) is 0.428. The Morgan fingerprint density at radius 1 is 1.26 bits per heavy atom. The fraction of sp³-hybridized carbons (Fsp3) is 0.895. The third-order valence-electron chi connectivity index (χ3n) is 4.43. The Labute approximate surface area is 164 Å². The number of aliphatic imine (C=N–C) groups is 1. The Hall–Kier alpha value is -1.54. The Morgan fingerprint density at radius 2 is 1.89 bits per heavy atom. The van der Waals surface area contributed by atoms with Gasteiger partial charge in [0.15, 0.2) is 5.96 Å². The lowest BCUT2D eigenvalue weighted by molar-refractivity contribution is 0.00751. The Bertz CT molecular complexity index is 470. The fourth-order valence-electron chi connectivity index (χ4n) is 2.89. The molecule has 1 atom stereocenters. The average molecular weight is 386 g/mol. The van der Waals surface area contributed by atoms with Gasteiger partial charge in [-0.3, -0.25) is 9.89 Å². The second-order valence-electron chi connectivity index (χ2n) is 8.24.